The number of hydrogen-bond donors (Lipinski definition) is 1. The number of benzene rings is 1. The van der Waals surface area contributed by atoms with E-state index in [0.29, 0.717) is 0 Å². The van der Waals surface area contributed by atoms with Crippen LogP contribution in [0.1, 0.15) is 12.8 Å². The molecule has 2 fully saturated rings. The van der Waals surface area contributed by atoms with Crippen LogP contribution in [0.4, 0.5) is 5.69 Å². The molecule has 3 rings (SSSR count). The molecule has 2 saturated heterocycles. The molecule has 2 amide bonds. The molecule has 5 nitrogen and oxygen atoms in total. The van der Waals surface area contributed by atoms with Crippen LogP contribution < -0.4 is 5.32 Å². The Bertz CT molecular complexity index is 590. The molecule has 130 valence electrons. The lowest BCUT2D eigenvalue weighted by Gasteiger charge is -2.32. The van der Waals surface area contributed by atoms with E-state index in [-0.39, 0.29) is 24.4 Å². The molecule has 1 unspecified atom stereocenters. The zero-order valence-corrected chi connectivity index (χ0v) is 15.9. The van der Waals surface area contributed by atoms with Gasteiger partial charge in [0.1, 0.15) is 0 Å². The van der Waals surface area contributed by atoms with Crippen molar-refractivity contribution in [3.8, 4) is 0 Å². The van der Waals surface area contributed by atoms with Crippen LogP contribution in [0.2, 0.25) is 0 Å². The SMILES string of the molecule is O=C(CN1CCCC1C(=O)N1CCSCC1)Nc1ccc(Br)cc1. The van der Waals surface area contributed by atoms with Gasteiger partial charge in [0.05, 0.1) is 12.6 Å². The standard InChI is InChI=1S/C17H22BrN3O2S/c18-13-3-5-14(6-4-13)19-16(22)12-21-7-1-2-15(21)17(23)20-8-10-24-11-9-20/h3-6,15H,1-2,7-12H2,(H,19,22). The van der Waals surface area contributed by atoms with Gasteiger partial charge in [-0.2, -0.15) is 11.8 Å². The van der Waals surface area contributed by atoms with Crippen molar-refractivity contribution in [2.24, 2.45) is 0 Å². The molecular formula is C17H22BrN3O2S. The minimum Gasteiger partial charge on any atom is -0.340 e. The molecule has 0 spiro atoms. The van der Waals surface area contributed by atoms with Crippen LogP contribution >= 0.6 is 27.7 Å². The van der Waals surface area contributed by atoms with Gasteiger partial charge < -0.3 is 10.2 Å². The summed E-state index contributed by atoms with van der Waals surface area (Å²) in [4.78, 5) is 29.0. The maximum absolute atomic E-state index is 12.7. The Balaban J connectivity index is 1.55. The number of rotatable bonds is 4. The summed E-state index contributed by atoms with van der Waals surface area (Å²) in [5, 5.41) is 2.91. The van der Waals surface area contributed by atoms with Gasteiger partial charge in [-0.15, -0.1) is 0 Å². The van der Waals surface area contributed by atoms with Crippen molar-refractivity contribution in [1.82, 2.24) is 9.80 Å². The Kier molecular flexibility index (Phi) is 6.19. The lowest BCUT2D eigenvalue weighted by molar-refractivity contribution is -0.136. The molecule has 2 aliphatic heterocycles. The lowest BCUT2D eigenvalue weighted by atomic mass is 10.2. The monoisotopic (exact) mass is 411 g/mol. The normalized spacial score (nSPS) is 21.7. The summed E-state index contributed by atoms with van der Waals surface area (Å²) in [5.41, 5.74) is 0.776. The van der Waals surface area contributed by atoms with Crippen molar-refractivity contribution in [3.63, 3.8) is 0 Å². The predicted octanol–water partition coefficient (Wildman–Crippen LogP) is 2.43. The summed E-state index contributed by atoms with van der Waals surface area (Å²) in [6.45, 7) is 2.75. The molecule has 0 bridgehead atoms. The van der Waals surface area contributed by atoms with Crippen molar-refractivity contribution < 1.29 is 9.59 Å². The van der Waals surface area contributed by atoms with Crippen molar-refractivity contribution in [2.45, 2.75) is 18.9 Å². The van der Waals surface area contributed by atoms with Crippen LogP contribution in [0, 0.1) is 0 Å². The number of hydrogen-bond acceptors (Lipinski definition) is 4. The highest BCUT2D eigenvalue weighted by atomic mass is 79.9. The van der Waals surface area contributed by atoms with Gasteiger partial charge in [-0.3, -0.25) is 14.5 Å². The molecular weight excluding hydrogens is 390 g/mol. The van der Waals surface area contributed by atoms with Crippen LogP contribution in [0.5, 0.6) is 0 Å². The van der Waals surface area contributed by atoms with Gasteiger partial charge in [0, 0.05) is 34.8 Å². The Morgan fingerprint density at radius 2 is 1.88 bits per heavy atom. The maximum Gasteiger partial charge on any atom is 0.239 e. The topological polar surface area (TPSA) is 52.7 Å². The van der Waals surface area contributed by atoms with Gasteiger partial charge in [-0.25, -0.2) is 0 Å². The highest BCUT2D eigenvalue weighted by Crippen LogP contribution is 2.21. The van der Waals surface area contributed by atoms with Crippen LogP contribution in [0.3, 0.4) is 0 Å². The van der Waals surface area contributed by atoms with E-state index >= 15 is 0 Å². The number of nitrogens with one attached hydrogen (secondary N) is 1. The minimum atomic E-state index is -0.135. The minimum absolute atomic E-state index is 0.0637. The Labute approximate surface area is 155 Å². The molecule has 1 atom stereocenters. The van der Waals surface area contributed by atoms with E-state index in [1.807, 2.05) is 45.8 Å². The number of likely N-dealkylation sites (tertiary alicyclic amines) is 1. The zero-order chi connectivity index (χ0) is 16.9. The lowest BCUT2D eigenvalue weighted by Crippen LogP contribution is -2.49. The van der Waals surface area contributed by atoms with Crippen molar-refractivity contribution in [1.29, 1.82) is 0 Å². The van der Waals surface area contributed by atoms with Gasteiger partial charge in [0.15, 0.2) is 0 Å². The van der Waals surface area contributed by atoms with Crippen LogP contribution in [0.25, 0.3) is 0 Å². The van der Waals surface area contributed by atoms with E-state index in [9.17, 15) is 9.59 Å². The zero-order valence-electron chi connectivity index (χ0n) is 13.5. The summed E-state index contributed by atoms with van der Waals surface area (Å²) < 4.78 is 0.977. The van der Waals surface area contributed by atoms with E-state index in [1.165, 1.54) is 0 Å². The van der Waals surface area contributed by atoms with Crippen LogP contribution in [0.15, 0.2) is 28.7 Å². The third kappa shape index (κ3) is 4.52. The highest BCUT2D eigenvalue weighted by molar-refractivity contribution is 9.10. The second-order valence-corrected chi connectivity index (χ2v) is 8.26. The fraction of sp³-hybridized carbons (Fsp3) is 0.529. The van der Waals surface area contributed by atoms with Crippen LogP contribution in [-0.4, -0.2) is 65.3 Å². The Morgan fingerprint density at radius 3 is 2.58 bits per heavy atom. The molecule has 2 heterocycles. The molecule has 7 heteroatoms. The molecule has 0 aromatic heterocycles. The van der Waals surface area contributed by atoms with Gasteiger partial charge in [-0.1, -0.05) is 15.9 Å². The molecule has 0 aliphatic carbocycles. The summed E-state index contributed by atoms with van der Waals surface area (Å²) in [7, 11) is 0. The third-order valence-corrected chi connectivity index (χ3v) is 5.92. The van der Waals surface area contributed by atoms with Gasteiger partial charge in [0.2, 0.25) is 11.8 Å². The summed E-state index contributed by atoms with van der Waals surface area (Å²) in [5.74, 6) is 2.17. The maximum atomic E-state index is 12.7. The fourth-order valence-electron chi connectivity index (χ4n) is 3.21. The third-order valence-electron chi connectivity index (χ3n) is 4.45. The summed E-state index contributed by atoms with van der Waals surface area (Å²) >= 11 is 5.28. The molecule has 24 heavy (non-hydrogen) atoms. The number of carbonyl (C=O) groups excluding carboxylic acids is 2. The number of halogens is 1. The quantitative estimate of drug-likeness (QED) is 0.826. The first-order valence-electron chi connectivity index (χ1n) is 8.29. The first kappa shape index (κ1) is 17.8. The molecule has 0 saturated carbocycles. The van der Waals surface area contributed by atoms with Gasteiger partial charge >= 0.3 is 0 Å². The highest BCUT2D eigenvalue weighted by Gasteiger charge is 2.34. The van der Waals surface area contributed by atoms with E-state index in [0.717, 1.165) is 54.1 Å². The second kappa shape index (κ2) is 8.36. The smallest absolute Gasteiger partial charge is 0.239 e. The largest absolute Gasteiger partial charge is 0.340 e. The number of nitrogens with zero attached hydrogens (tertiary/aromatic N) is 2. The summed E-state index contributed by atoms with van der Waals surface area (Å²) in [6.07, 6.45) is 1.83. The number of thioether (sulfide) groups is 1. The number of amides is 2. The van der Waals surface area contributed by atoms with Gasteiger partial charge in [-0.05, 0) is 43.7 Å². The fourth-order valence-corrected chi connectivity index (χ4v) is 4.38. The van der Waals surface area contributed by atoms with Gasteiger partial charge in [0.25, 0.3) is 0 Å². The molecule has 1 aromatic rings. The average molecular weight is 412 g/mol. The second-order valence-electron chi connectivity index (χ2n) is 6.12. The first-order chi connectivity index (χ1) is 11.6. The van der Waals surface area contributed by atoms with E-state index < -0.39 is 0 Å². The first-order valence-corrected chi connectivity index (χ1v) is 10.2. The molecule has 2 aliphatic rings. The van der Waals surface area contributed by atoms with E-state index in [4.69, 9.17) is 0 Å². The summed E-state index contributed by atoms with van der Waals surface area (Å²) in [6, 6.07) is 7.38. The van der Waals surface area contributed by atoms with E-state index in [1.54, 1.807) is 0 Å². The average Bonchev–Trinajstić information content (AvgIpc) is 3.05. The predicted molar refractivity (Wildman–Crippen MR) is 101 cm³/mol. The van der Waals surface area contributed by atoms with Crippen molar-refractivity contribution in [3.05, 3.63) is 28.7 Å². The number of anilines is 1. The number of carbonyl (C=O) groups is 2. The molecule has 1 N–H and O–H groups in total. The van der Waals surface area contributed by atoms with Crippen molar-refractivity contribution >= 4 is 45.2 Å². The van der Waals surface area contributed by atoms with Crippen molar-refractivity contribution in [2.75, 3.05) is 43.0 Å². The molecule has 1 aromatic carbocycles. The Morgan fingerprint density at radius 1 is 1.17 bits per heavy atom. The van der Waals surface area contributed by atoms with Crippen LogP contribution in [-0.2, 0) is 9.59 Å². The molecule has 0 radical (unpaired) electrons. The Hall–Kier alpha value is -1.05. The van der Waals surface area contributed by atoms with E-state index in [2.05, 4.69) is 21.2 Å².